The van der Waals surface area contributed by atoms with Gasteiger partial charge in [-0.2, -0.15) is 0 Å². The van der Waals surface area contributed by atoms with E-state index in [1.165, 1.54) is 17.3 Å². The summed E-state index contributed by atoms with van der Waals surface area (Å²) in [5, 5.41) is 3.45. The number of rotatable bonds is 3. The van der Waals surface area contributed by atoms with Crippen molar-refractivity contribution >= 4 is 57.2 Å². The third-order valence-electron chi connectivity index (χ3n) is 3.42. The molecule has 1 aliphatic rings. The summed E-state index contributed by atoms with van der Waals surface area (Å²) in [7, 11) is 0. The van der Waals surface area contributed by atoms with E-state index < -0.39 is 0 Å². The number of benzene rings is 2. The van der Waals surface area contributed by atoms with Gasteiger partial charge in [-0.05, 0) is 76.2 Å². The Morgan fingerprint density at radius 1 is 1.17 bits per heavy atom. The number of thioether (sulfide) groups is 1. The summed E-state index contributed by atoms with van der Waals surface area (Å²) >= 11 is 3.64. The van der Waals surface area contributed by atoms with Crippen molar-refractivity contribution in [1.82, 2.24) is 5.32 Å². The standard InChI is InChI=1S/C18H15IN2OS/c1-2-12-7-9-14(10-8-12)20-18-21-17(22)16(23-18)11-13-5-3-4-6-15(13)19/h3-11H,2H2,1H3,(H,20,21,22)/b16-11-. The van der Waals surface area contributed by atoms with Crippen LogP contribution in [0.4, 0.5) is 5.69 Å². The molecule has 0 atom stereocenters. The first-order valence-electron chi connectivity index (χ1n) is 7.29. The molecule has 1 N–H and O–H groups in total. The number of nitrogens with zero attached hydrogens (tertiary/aromatic N) is 1. The molecule has 1 amide bonds. The third-order valence-corrected chi connectivity index (χ3v) is 5.31. The number of carbonyl (C=O) groups is 1. The smallest absolute Gasteiger partial charge is 0.264 e. The summed E-state index contributed by atoms with van der Waals surface area (Å²) in [4.78, 5) is 17.3. The van der Waals surface area contributed by atoms with Crippen LogP contribution in [0.25, 0.3) is 6.08 Å². The van der Waals surface area contributed by atoms with Gasteiger partial charge >= 0.3 is 0 Å². The van der Waals surface area contributed by atoms with Crippen LogP contribution < -0.4 is 5.32 Å². The fourth-order valence-electron chi connectivity index (χ4n) is 2.14. The number of hydrogen-bond acceptors (Lipinski definition) is 3. The van der Waals surface area contributed by atoms with Gasteiger partial charge in [0, 0.05) is 3.57 Å². The van der Waals surface area contributed by atoms with E-state index in [0.717, 1.165) is 21.2 Å². The van der Waals surface area contributed by atoms with Crippen molar-refractivity contribution in [2.45, 2.75) is 13.3 Å². The maximum atomic E-state index is 12.1. The maximum absolute atomic E-state index is 12.1. The molecule has 116 valence electrons. The van der Waals surface area contributed by atoms with Crippen molar-refractivity contribution in [1.29, 1.82) is 0 Å². The topological polar surface area (TPSA) is 41.5 Å². The van der Waals surface area contributed by atoms with E-state index in [0.29, 0.717) is 10.1 Å². The molecular formula is C18H15IN2OS. The summed E-state index contributed by atoms with van der Waals surface area (Å²) < 4.78 is 1.12. The van der Waals surface area contributed by atoms with Crippen LogP contribution in [0.3, 0.4) is 0 Å². The first kappa shape index (κ1) is 16.3. The molecule has 0 unspecified atom stereocenters. The zero-order valence-electron chi connectivity index (χ0n) is 12.5. The van der Waals surface area contributed by atoms with Crippen LogP contribution in [0.2, 0.25) is 0 Å². The molecule has 0 radical (unpaired) electrons. The van der Waals surface area contributed by atoms with Gasteiger partial charge in [-0.1, -0.05) is 37.3 Å². The highest BCUT2D eigenvalue weighted by molar-refractivity contribution is 14.1. The predicted octanol–water partition coefficient (Wildman–Crippen LogP) is 4.75. The quantitative estimate of drug-likeness (QED) is 0.560. The Bertz CT molecular complexity index is 797. The fraction of sp³-hybridized carbons (Fsp3) is 0.111. The van der Waals surface area contributed by atoms with Gasteiger partial charge in [0.1, 0.15) is 0 Å². The Morgan fingerprint density at radius 3 is 2.61 bits per heavy atom. The average Bonchev–Trinajstić information content (AvgIpc) is 2.90. The summed E-state index contributed by atoms with van der Waals surface area (Å²) in [6, 6.07) is 16.0. The normalized spacial score (nSPS) is 17.7. The van der Waals surface area contributed by atoms with Gasteiger partial charge in [0.25, 0.3) is 5.91 Å². The van der Waals surface area contributed by atoms with Gasteiger partial charge < -0.3 is 5.32 Å². The molecule has 1 fully saturated rings. The van der Waals surface area contributed by atoms with Crippen LogP contribution in [0.1, 0.15) is 18.1 Å². The molecule has 1 aliphatic heterocycles. The Kier molecular flexibility index (Phi) is 5.17. The molecule has 3 rings (SSSR count). The lowest BCUT2D eigenvalue weighted by Crippen LogP contribution is -2.19. The largest absolute Gasteiger partial charge is 0.300 e. The lowest BCUT2D eigenvalue weighted by atomic mass is 10.2. The molecule has 0 spiro atoms. The van der Waals surface area contributed by atoms with Gasteiger partial charge in [-0.25, -0.2) is 4.99 Å². The second-order valence-corrected chi connectivity index (χ2v) is 7.22. The van der Waals surface area contributed by atoms with Crippen LogP contribution in [-0.2, 0) is 11.2 Å². The molecule has 0 aromatic heterocycles. The van der Waals surface area contributed by atoms with Crippen molar-refractivity contribution < 1.29 is 4.79 Å². The van der Waals surface area contributed by atoms with Crippen molar-refractivity contribution in [3.8, 4) is 0 Å². The number of aryl methyl sites for hydroxylation is 1. The predicted molar refractivity (Wildman–Crippen MR) is 106 cm³/mol. The van der Waals surface area contributed by atoms with E-state index >= 15 is 0 Å². The number of hydrogen-bond donors (Lipinski definition) is 1. The Morgan fingerprint density at radius 2 is 1.91 bits per heavy atom. The minimum atomic E-state index is -0.0985. The zero-order valence-corrected chi connectivity index (χ0v) is 15.5. The molecule has 0 aliphatic carbocycles. The van der Waals surface area contributed by atoms with E-state index in [1.807, 2.05) is 42.5 Å². The van der Waals surface area contributed by atoms with Crippen LogP contribution in [0, 0.1) is 3.57 Å². The minimum Gasteiger partial charge on any atom is -0.300 e. The molecule has 23 heavy (non-hydrogen) atoms. The zero-order chi connectivity index (χ0) is 16.2. The number of carbonyl (C=O) groups excluding carboxylic acids is 1. The lowest BCUT2D eigenvalue weighted by Gasteiger charge is -1.99. The Hall–Kier alpha value is -1.60. The molecule has 3 nitrogen and oxygen atoms in total. The first-order valence-corrected chi connectivity index (χ1v) is 9.18. The molecule has 1 heterocycles. The molecule has 2 aromatic rings. The van der Waals surface area contributed by atoms with Crippen LogP contribution >= 0.6 is 34.4 Å². The van der Waals surface area contributed by atoms with Crippen molar-refractivity contribution in [3.05, 3.63) is 68.1 Å². The molecule has 0 saturated carbocycles. The van der Waals surface area contributed by atoms with E-state index in [9.17, 15) is 4.79 Å². The van der Waals surface area contributed by atoms with Crippen LogP contribution in [0.15, 0.2) is 58.4 Å². The SMILES string of the molecule is CCc1ccc(N=C2NC(=O)/C(=C/c3ccccc3I)S2)cc1. The van der Waals surface area contributed by atoms with E-state index in [-0.39, 0.29) is 5.91 Å². The fourth-order valence-corrected chi connectivity index (χ4v) is 3.51. The van der Waals surface area contributed by atoms with E-state index in [2.05, 4.69) is 52.0 Å². The van der Waals surface area contributed by atoms with Gasteiger partial charge in [0.05, 0.1) is 10.6 Å². The summed E-state index contributed by atoms with van der Waals surface area (Å²) in [6.45, 7) is 2.12. The number of halogens is 1. The van der Waals surface area contributed by atoms with Crippen LogP contribution in [-0.4, -0.2) is 11.1 Å². The molecular weight excluding hydrogens is 419 g/mol. The number of nitrogens with one attached hydrogen (secondary N) is 1. The maximum Gasteiger partial charge on any atom is 0.264 e. The third kappa shape index (κ3) is 4.03. The second kappa shape index (κ2) is 7.31. The first-order chi connectivity index (χ1) is 11.2. The molecule has 5 heteroatoms. The summed E-state index contributed by atoms with van der Waals surface area (Å²) in [5.41, 5.74) is 3.16. The number of amidine groups is 1. The van der Waals surface area contributed by atoms with Gasteiger partial charge in [-0.15, -0.1) is 0 Å². The summed E-state index contributed by atoms with van der Waals surface area (Å²) in [6.07, 6.45) is 2.91. The van der Waals surface area contributed by atoms with Gasteiger partial charge in [-0.3, -0.25) is 4.79 Å². The minimum absolute atomic E-state index is 0.0985. The summed E-state index contributed by atoms with van der Waals surface area (Å²) in [5.74, 6) is -0.0985. The molecule has 1 saturated heterocycles. The van der Waals surface area contributed by atoms with Crippen molar-refractivity contribution in [2.24, 2.45) is 4.99 Å². The monoisotopic (exact) mass is 434 g/mol. The Labute approximate surface area is 153 Å². The Balaban J connectivity index is 1.81. The second-order valence-electron chi connectivity index (χ2n) is 5.02. The highest BCUT2D eigenvalue weighted by Crippen LogP contribution is 2.29. The molecule has 0 bridgehead atoms. The van der Waals surface area contributed by atoms with E-state index in [4.69, 9.17) is 0 Å². The molecule has 2 aromatic carbocycles. The highest BCUT2D eigenvalue weighted by atomic mass is 127. The van der Waals surface area contributed by atoms with Crippen molar-refractivity contribution in [3.63, 3.8) is 0 Å². The van der Waals surface area contributed by atoms with Crippen LogP contribution in [0.5, 0.6) is 0 Å². The lowest BCUT2D eigenvalue weighted by molar-refractivity contribution is -0.115. The van der Waals surface area contributed by atoms with Gasteiger partial charge in [0.2, 0.25) is 0 Å². The van der Waals surface area contributed by atoms with E-state index in [1.54, 1.807) is 0 Å². The highest BCUT2D eigenvalue weighted by Gasteiger charge is 2.23. The number of amides is 1. The number of aliphatic imine (C=N–C) groups is 1. The van der Waals surface area contributed by atoms with Gasteiger partial charge in [0.15, 0.2) is 5.17 Å². The van der Waals surface area contributed by atoms with Crippen molar-refractivity contribution in [2.75, 3.05) is 0 Å². The average molecular weight is 434 g/mol.